The number of aromatic nitrogens is 2. The van der Waals surface area contributed by atoms with E-state index in [0.717, 1.165) is 47.6 Å². The van der Waals surface area contributed by atoms with Gasteiger partial charge >= 0.3 is 0 Å². The molecule has 2 aliphatic carbocycles. The van der Waals surface area contributed by atoms with Crippen LogP contribution in [0.1, 0.15) is 91.4 Å². The zero-order chi connectivity index (χ0) is 21.5. The summed E-state index contributed by atoms with van der Waals surface area (Å²) in [7, 11) is 0. The topological polar surface area (TPSA) is 90.0 Å². The molecule has 1 heterocycles. The van der Waals surface area contributed by atoms with E-state index in [2.05, 4.69) is 19.2 Å². The highest BCUT2D eigenvalue weighted by Gasteiger charge is 2.36. The average Bonchev–Trinajstić information content (AvgIpc) is 3.06. The van der Waals surface area contributed by atoms with Crippen molar-refractivity contribution in [1.29, 1.82) is 0 Å². The van der Waals surface area contributed by atoms with Gasteiger partial charge < -0.3 is 11.1 Å². The Labute approximate surface area is 178 Å². The third-order valence-electron chi connectivity index (χ3n) is 6.43. The molecule has 2 aromatic rings. The van der Waals surface area contributed by atoms with E-state index in [1.807, 2.05) is 23.7 Å². The van der Waals surface area contributed by atoms with Crippen molar-refractivity contribution in [3.05, 3.63) is 40.7 Å². The molecule has 1 aromatic heterocycles. The van der Waals surface area contributed by atoms with Gasteiger partial charge in [-0.3, -0.25) is 9.59 Å². The van der Waals surface area contributed by atoms with E-state index >= 15 is 0 Å². The van der Waals surface area contributed by atoms with Crippen LogP contribution in [0, 0.1) is 5.41 Å². The van der Waals surface area contributed by atoms with Crippen LogP contribution in [0.15, 0.2) is 18.2 Å². The normalized spacial score (nSPS) is 18.8. The van der Waals surface area contributed by atoms with Crippen molar-refractivity contribution in [1.82, 2.24) is 9.78 Å². The maximum absolute atomic E-state index is 12.9. The van der Waals surface area contributed by atoms with Crippen LogP contribution in [-0.4, -0.2) is 27.5 Å². The number of benzene rings is 1. The van der Waals surface area contributed by atoms with Gasteiger partial charge in [-0.2, -0.15) is 5.10 Å². The fourth-order valence-electron chi connectivity index (χ4n) is 4.95. The molecule has 6 heteroatoms. The largest absolute Gasteiger partial charge is 0.382 e. The highest BCUT2D eigenvalue weighted by Crippen LogP contribution is 2.38. The van der Waals surface area contributed by atoms with Crippen LogP contribution in [0.25, 0.3) is 5.69 Å². The molecule has 0 spiro atoms. The van der Waals surface area contributed by atoms with E-state index in [-0.39, 0.29) is 11.2 Å². The van der Waals surface area contributed by atoms with Crippen molar-refractivity contribution in [2.75, 3.05) is 5.32 Å². The van der Waals surface area contributed by atoms with E-state index < -0.39 is 5.91 Å². The number of nitrogens with two attached hydrogens (primary N) is 1. The number of aryl methyl sites for hydroxylation is 1. The van der Waals surface area contributed by atoms with Gasteiger partial charge in [-0.1, -0.05) is 40.0 Å². The molecule has 30 heavy (non-hydrogen) atoms. The average molecular weight is 409 g/mol. The summed E-state index contributed by atoms with van der Waals surface area (Å²) in [5.41, 5.74) is 10.3. The molecule has 2 aliphatic rings. The maximum atomic E-state index is 12.9. The molecule has 6 nitrogen and oxygen atoms in total. The summed E-state index contributed by atoms with van der Waals surface area (Å²) in [5.74, 6) is -0.258. The van der Waals surface area contributed by atoms with Gasteiger partial charge in [-0.15, -0.1) is 0 Å². The predicted octanol–water partition coefficient (Wildman–Crippen LogP) is 4.43. The van der Waals surface area contributed by atoms with Crippen LogP contribution < -0.4 is 11.1 Å². The van der Waals surface area contributed by atoms with Gasteiger partial charge in [0.15, 0.2) is 5.78 Å². The molecule has 0 radical (unpaired) electrons. The van der Waals surface area contributed by atoms with E-state index in [1.54, 1.807) is 6.07 Å². The van der Waals surface area contributed by atoms with Crippen LogP contribution in [0.5, 0.6) is 0 Å². The van der Waals surface area contributed by atoms with Crippen LogP contribution in [-0.2, 0) is 12.8 Å². The first-order valence-corrected chi connectivity index (χ1v) is 11.1. The number of carbonyl (C=O) groups excluding carboxylic acids is 2. The van der Waals surface area contributed by atoms with E-state index in [0.29, 0.717) is 24.4 Å². The second-order valence-corrected chi connectivity index (χ2v) is 9.55. The molecule has 160 valence electrons. The van der Waals surface area contributed by atoms with Crippen LogP contribution >= 0.6 is 0 Å². The molecule has 0 unspecified atom stereocenters. The van der Waals surface area contributed by atoms with Crippen molar-refractivity contribution in [2.45, 2.75) is 78.2 Å². The Morgan fingerprint density at radius 1 is 1.23 bits per heavy atom. The van der Waals surface area contributed by atoms with E-state index in [4.69, 9.17) is 10.8 Å². The Balaban J connectivity index is 1.78. The summed E-state index contributed by atoms with van der Waals surface area (Å²) in [4.78, 5) is 24.9. The summed E-state index contributed by atoms with van der Waals surface area (Å²) < 4.78 is 1.91. The van der Waals surface area contributed by atoms with Crippen molar-refractivity contribution in [2.24, 2.45) is 11.1 Å². The second-order valence-electron chi connectivity index (χ2n) is 9.55. The fraction of sp³-hybridized carbons (Fsp3) is 0.542. The van der Waals surface area contributed by atoms with Gasteiger partial charge in [-0.25, -0.2) is 4.68 Å². The molecule has 0 saturated heterocycles. The number of hydrogen-bond acceptors (Lipinski definition) is 4. The number of anilines is 1. The number of fused-ring (bicyclic) bond motifs is 1. The maximum Gasteiger partial charge on any atom is 0.250 e. The first kappa shape index (κ1) is 20.6. The van der Waals surface area contributed by atoms with E-state index in [1.165, 1.54) is 19.3 Å². The molecule has 1 fully saturated rings. The zero-order valence-electron chi connectivity index (χ0n) is 18.3. The molecule has 1 aromatic carbocycles. The van der Waals surface area contributed by atoms with Crippen molar-refractivity contribution in [3.63, 3.8) is 0 Å². The molecular weight excluding hydrogens is 376 g/mol. The monoisotopic (exact) mass is 408 g/mol. The number of ketones is 1. The lowest BCUT2D eigenvalue weighted by Crippen LogP contribution is -2.28. The standard InChI is InChI=1S/C24H32N4O2/c1-4-18-22-20(13-24(2,3)14-21(22)29)28(27-18)16-10-11-17(23(25)30)19(12-16)26-15-8-6-5-7-9-15/h10-12,15,26H,4-9,13-14H2,1-3H3,(H2,25,30). The minimum atomic E-state index is -0.437. The lowest BCUT2D eigenvalue weighted by atomic mass is 9.75. The molecule has 0 bridgehead atoms. The molecule has 1 saturated carbocycles. The first-order chi connectivity index (χ1) is 14.3. The van der Waals surface area contributed by atoms with Crippen molar-refractivity contribution < 1.29 is 9.59 Å². The highest BCUT2D eigenvalue weighted by atomic mass is 16.1. The number of nitrogens with zero attached hydrogens (tertiary/aromatic N) is 2. The quantitative estimate of drug-likeness (QED) is 0.766. The summed E-state index contributed by atoms with van der Waals surface area (Å²) >= 11 is 0. The third kappa shape index (κ3) is 3.87. The predicted molar refractivity (Wildman–Crippen MR) is 118 cm³/mol. The summed E-state index contributed by atoms with van der Waals surface area (Å²) in [5, 5.41) is 8.37. The Kier molecular flexibility index (Phi) is 5.43. The van der Waals surface area contributed by atoms with Gasteiger partial charge in [0.1, 0.15) is 0 Å². The lowest BCUT2D eigenvalue weighted by molar-refractivity contribution is 0.0909. The fourth-order valence-corrected chi connectivity index (χ4v) is 4.95. The molecular formula is C24H32N4O2. The minimum absolute atomic E-state index is 0.0940. The number of nitrogens with one attached hydrogen (secondary N) is 1. The smallest absolute Gasteiger partial charge is 0.250 e. The first-order valence-electron chi connectivity index (χ1n) is 11.1. The summed E-state index contributed by atoms with van der Waals surface area (Å²) in [6.45, 7) is 6.29. The van der Waals surface area contributed by atoms with E-state index in [9.17, 15) is 9.59 Å². The SMILES string of the molecule is CCc1nn(-c2ccc(C(N)=O)c(NC3CCCCC3)c2)c2c1C(=O)CC(C)(C)C2. The van der Waals surface area contributed by atoms with Gasteiger partial charge in [0, 0.05) is 18.2 Å². The molecule has 1 amide bonds. The Morgan fingerprint density at radius 2 is 1.97 bits per heavy atom. The van der Waals surface area contributed by atoms with Gasteiger partial charge in [0.2, 0.25) is 0 Å². The number of amides is 1. The minimum Gasteiger partial charge on any atom is -0.382 e. The van der Waals surface area contributed by atoms with Gasteiger partial charge in [-0.05, 0) is 49.3 Å². The molecule has 4 rings (SSSR count). The number of primary amides is 1. The van der Waals surface area contributed by atoms with Crippen molar-refractivity contribution in [3.8, 4) is 5.69 Å². The Bertz CT molecular complexity index is 983. The molecule has 0 aliphatic heterocycles. The van der Waals surface area contributed by atoms with Crippen LogP contribution in [0.4, 0.5) is 5.69 Å². The summed E-state index contributed by atoms with van der Waals surface area (Å²) in [6.07, 6.45) is 7.93. The Hall–Kier alpha value is -2.63. The van der Waals surface area contributed by atoms with Crippen LogP contribution in [0.2, 0.25) is 0 Å². The number of hydrogen-bond donors (Lipinski definition) is 2. The lowest BCUT2D eigenvalue weighted by Gasteiger charge is -2.29. The highest BCUT2D eigenvalue weighted by molar-refractivity contribution is 6.00. The number of Topliss-reactive ketones (excluding diaryl/α,β-unsaturated/α-hetero) is 1. The molecule has 3 N–H and O–H groups in total. The second kappa shape index (κ2) is 7.89. The Morgan fingerprint density at radius 3 is 2.63 bits per heavy atom. The zero-order valence-corrected chi connectivity index (χ0v) is 18.3. The number of carbonyl (C=O) groups is 2. The van der Waals surface area contributed by atoms with Crippen molar-refractivity contribution >= 4 is 17.4 Å². The third-order valence-corrected chi connectivity index (χ3v) is 6.43. The van der Waals surface area contributed by atoms with Gasteiger partial charge in [0.25, 0.3) is 5.91 Å². The summed E-state index contributed by atoms with van der Waals surface area (Å²) in [6, 6.07) is 5.97. The van der Waals surface area contributed by atoms with Crippen LogP contribution in [0.3, 0.4) is 0 Å². The van der Waals surface area contributed by atoms with Gasteiger partial charge in [0.05, 0.1) is 28.2 Å². The molecule has 0 atom stereocenters. The number of rotatable bonds is 5.